The molecular formula is C15H27N3. The summed E-state index contributed by atoms with van der Waals surface area (Å²) in [6.07, 6.45) is 5.51. The first-order valence-corrected chi connectivity index (χ1v) is 6.41. The number of hydrogen-bond acceptors (Lipinski definition) is 2. The number of nitrogens with zero attached hydrogens (tertiary/aromatic N) is 1. The zero-order valence-corrected chi connectivity index (χ0v) is 12.3. The van der Waals surface area contributed by atoms with Crippen LogP contribution in [0.5, 0.6) is 0 Å². The standard InChI is InChI=1S/C15H27N3/c1-7-12(5)13(6)9-18(15(17)8-2)10-14(16)11(3)4/h7-8,10-11,13,17H,2,9,16H2,1,3-6H3/b12-7-,14-10-,17-15?. The second kappa shape index (κ2) is 7.75. The van der Waals surface area contributed by atoms with E-state index in [2.05, 4.69) is 26.5 Å². The number of allylic oxidation sites excluding steroid dienone is 2. The van der Waals surface area contributed by atoms with Crippen LogP contribution >= 0.6 is 0 Å². The van der Waals surface area contributed by atoms with Gasteiger partial charge in [0.15, 0.2) is 0 Å². The number of nitrogens with two attached hydrogens (primary N) is 1. The normalized spacial score (nSPS) is 14.6. The van der Waals surface area contributed by atoms with Gasteiger partial charge in [0.05, 0.1) is 0 Å². The van der Waals surface area contributed by atoms with Crippen LogP contribution in [0.3, 0.4) is 0 Å². The lowest BCUT2D eigenvalue weighted by Crippen LogP contribution is -2.30. The summed E-state index contributed by atoms with van der Waals surface area (Å²) in [6, 6.07) is 0. The van der Waals surface area contributed by atoms with Crippen LogP contribution < -0.4 is 5.73 Å². The fourth-order valence-electron chi connectivity index (χ4n) is 1.39. The van der Waals surface area contributed by atoms with Crippen molar-refractivity contribution >= 4 is 5.84 Å². The summed E-state index contributed by atoms with van der Waals surface area (Å²) < 4.78 is 0. The molecule has 0 aliphatic carbocycles. The number of rotatable bonds is 6. The van der Waals surface area contributed by atoms with Crippen LogP contribution in [0.25, 0.3) is 0 Å². The molecule has 102 valence electrons. The van der Waals surface area contributed by atoms with E-state index in [1.807, 2.05) is 31.9 Å². The molecule has 3 N–H and O–H groups in total. The molecule has 3 heteroatoms. The van der Waals surface area contributed by atoms with E-state index in [1.54, 1.807) is 6.08 Å². The molecule has 0 aromatic carbocycles. The van der Waals surface area contributed by atoms with E-state index in [-0.39, 0.29) is 5.92 Å². The molecule has 0 rings (SSSR count). The highest BCUT2D eigenvalue weighted by atomic mass is 15.2. The Morgan fingerprint density at radius 1 is 1.39 bits per heavy atom. The summed E-state index contributed by atoms with van der Waals surface area (Å²) in [5, 5.41) is 7.91. The van der Waals surface area contributed by atoms with Crippen molar-refractivity contribution in [2.45, 2.75) is 34.6 Å². The fourth-order valence-corrected chi connectivity index (χ4v) is 1.39. The zero-order chi connectivity index (χ0) is 14.3. The first-order chi connectivity index (χ1) is 8.33. The van der Waals surface area contributed by atoms with E-state index in [1.165, 1.54) is 5.57 Å². The van der Waals surface area contributed by atoms with E-state index in [0.29, 0.717) is 11.8 Å². The molecular weight excluding hydrogens is 222 g/mol. The summed E-state index contributed by atoms with van der Waals surface area (Å²) in [7, 11) is 0. The minimum atomic E-state index is 0.281. The molecule has 0 saturated carbocycles. The number of hydrogen-bond donors (Lipinski definition) is 2. The van der Waals surface area contributed by atoms with Crippen molar-refractivity contribution in [2.24, 2.45) is 17.6 Å². The first-order valence-electron chi connectivity index (χ1n) is 6.41. The van der Waals surface area contributed by atoms with Crippen LogP contribution in [0.15, 0.2) is 36.2 Å². The topological polar surface area (TPSA) is 53.1 Å². The highest BCUT2D eigenvalue weighted by Crippen LogP contribution is 2.14. The molecule has 0 fully saturated rings. The molecule has 0 amide bonds. The van der Waals surface area contributed by atoms with Crippen molar-refractivity contribution in [3.05, 3.63) is 36.2 Å². The minimum Gasteiger partial charge on any atom is -0.401 e. The summed E-state index contributed by atoms with van der Waals surface area (Å²) in [5.74, 6) is 1.05. The van der Waals surface area contributed by atoms with Gasteiger partial charge in [-0.2, -0.15) is 0 Å². The molecule has 0 aromatic heterocycles. The molecule has 0 aromatic rings. The third-order valence-corrected chi connectivity index (χ3v) is 3.18. The van der Waals surface area contributed by atoms with E-state index in [4.69, 9.17) is 11.1 Å². The third kappa shape index (κ3) is 5.21. The van der Waals surface area contributed by atoms with Gasteiger partial charge in [0.25, 0.3) is 0 Å². The van der Waals surface area contributed by atoms with Crippen LogP contribution in [-0.2, 0) is 0 Å². The average molecular weight is 249 g/mol. The largest absolute Gasteiger partial charge is 0.401 e. The van der Waals surface area contributed by atoms with Crippen molar-refractivity contribution < 1.29 is 0 Å². The van der Waals surface area contributed by atoms with Crippen molar-refractivity contribution in [2.75, 3.05) is 6.54 Å². The number of amidine groups is 1. The molecule has 0 aliphatic heterocycles. The predicted molar refractivity (Wildman–Crippen MR) is 80.3 cm³/mol. The SMILES string of the molecule is C=CC(=N)N(/C=C(\N)C(C)C)CC(C)/C(C)=C\C. The highest BCUT2D eigenvalue weighted by molar-refractivity contribution is 5.90. The second-order valence-corrected chi connectivity index (χ2v) is 4.96. The lowest BCUT2D eigenvalue weighted by atomic mass is 10.0. The van der Waals surface area contributed by atoms with Crippen LogP contribution in [-0.4, -0.2) is 17.3 Å². The van der Waals surface area contributed by atoms with Gasteiger partial charge in [0.1, 0.15) is 5.84 Å². The van der Waals surface area contributed by atoms with Gasteiger partial charge in [0.2, 0.25) is 0 Å². The van der Waals surface area contributed by atoms with Gasteiger partial charge in [-0.1, -0.05) is 39.0 Å². The maximum Gasteiger partial charge on any atom is 0.124 e. The smallest absolute Gasteiger partial charge is 0.124 e. The maximum atomic E-state index is 7.91. The summed E-state index contributed by atoms with van der Waals surface area (Å²) in [4.78, 5) is 1.86. The molecule has 0 heterocycles. The Morgan fingerprint density at radius 3 is 2.33 bits per heavy atom. The molecule has 0 saturated heterocycles. The van der Waals surface area contributed by atoms with Gasteiger partial charge in [-0.15, -0.1) is 0 Å². The Morgan fingerprint density at radius 2 is 1.94 bits per heavy atom. The lowest BCUT2D eigenvalue weighted by molar-refractivity contribution is 0.464. The fraction of sp³-hybridized carbons (Fsp3) is 0.533. The lowest BCUT2D eigenvalue weighted by Gasteiger charge is -2.25. The average Bonchev–Trinajstić information content (AvgIpc) is 2.35. The Kier molecular flexibility index (Phi) is 7.10. The Labute approximate surface area is 112 Å². The summed E-state index contributed by atoms with van der Waals surface area (Å²) in [5.41, 5.74) is 8.07. The predicted octanol–water partition coefficient (Wildman–Crippen LogP) is 3.51. The molecule has 3 nitrogen and oxygen atoms in total. The van der Waals surface area contributed by atoms with Gasteiger partial charge < -0.3 is 10.6 Å². The van der Waals surface area contributed by atoms with Gasteiger partial charge in [-0.25, -0.2) is 0 Å². The minimum absolute atomic E-state index is 0.281. The van der Waals surface area contributed by atoms with Gasteiger partial charge in [-0.3, -0.25) is 5.41 Å². The molecule has 18 heavy (non-hydrogen) atoms. The Balaban J connectivity index is 4.98. The molecule has 0 radical (unpaired) electrons. The van der Waals surface area contributed by atoms with Crippen molar-refractivity contribution in [3.8, 4) is 0 Å². The molecule has 1 atom stereocenters. The first kappa shape index (κ1) is 16.5. The zero-order valence-electron chi connectivity index (χ0n) is 12.3. The monoisotopic (exact) mass is 249 g/mol. The van der Waals surface area contributed by atoms with E-state index in [9.17, 15) is 0 Å². The van der Waals surface area contributed by atoms with E-state index in [0.717, 1.165) is 12.2 Å². The highest BCUT2D eigenvalue weighted by Gasteiger charge is 2.12. The summed E-state index contributed by atoms with van der Waals surface area (Å²) in [6.45, 7) is 14.8. The molecule has 1 unspecified atom stereocenters. The van der Waals surface area contributed by atoms with Crippen LogP contribution in [0.2, 0.25) is 0 Å². The van der Waals surface area contributed by atoms with E-state index >= 15 is 0 Å². The van der Waals surface area contributed by atoms with Gasteiger partial charge in [0, 0.05) is 18.4 Å². The van der Waals surface area contributed by atoms with Gasteiger partial charge >= 0.3 is 0 Å². The molecule has 0 aliphatic rings. The van der Waals surface area contributed by atoms with E-state index < -0.39 is 0 Å². The van der Waals surface area contributed by atoms with Crippen LogP contribution in [0.4, 0.5) is 0 Å². The van der Waals surface area contributed by atoms with Crippen LogP contribution in [0.1, 0.15) is 34.6 Å². The quantitative estimate of drug-likeness (QED) is 0.430. The molecule has 0 bridgehead atoms. The third-order valence-electron chi connectivity index (χ3n) is 3.18. The van der Waals surface area contributed by atoms with Gasteiger partial charge in [-0.05, 0) is 31.8 Å². The van der Waals surface area contributed by atoms with Crippen molar-refractivity contribution in [1.29, 1.82) is 5.41 Å². The van der Waals surface area contributed by atoms with Crippen LogP contribution in [0, 0.1) is 17.2 Å². The van der Waals surface area contributed by atoms with Crippen molar-refractivity contribution in [3.63, 3.8) is 0 Å². The van der Waals surface area contributed by atoms with Crippen molar-refractivity contribution in [1.82, 2.24) is 4.90 Å². The Hall–Kier alpha value is -1.51. The maximum absolute atomic E-state index is 7.91. The summed E-state index contributed by atoms with van der Waals surface area (Å²) >= 11 is 0. The molecule has 0 spiro atoms. The second-order valence-electron chi connectivity index (χ2n) is 4.96. The Bertz CT molecular complexity index is 351. The number of nitrogens with one attached hydrogen (secondary N) is 1.